The average Bonchev–Trinajstić information content (AvgIpc) is 2.29. The summed E-state index contributed by atoms with van der Waals surface area (Å²) in [6, 6.07) is 8.39. The van der Waals surface area contributed by atoms with Crippen LogP contribution >= 0.6 is 27.5 Å². The van der Waals surface area contributed by atoms with Gasteiger partial charge in [0.25, 0.3) is 0 Å². The van der Waals surface area contributed by atoms with Crippen LogP contribution in [0.3, 0.4) is 0 Å². The maximum atomic E-state index is 13.0. The Morgan fingerprint density at radius 3 is 2.39 bits per heavy atom. The summed E-state index contributed by atoms with van der Waals surface area (Å²) in [5, 5.41) is 0.440. The van der Waals surface area contributed by atoms with Crippen LogP contribution in [-0.4, -0.2) is 0 Å². The maximum Gasteiger partial charge on any atom is 0.139 e. The lowest BCUT2D eigenvalue weighted by Crippen LogP contribution is -1.97. The Kier molecular flexibility index (Phi) is 4.19. The molecule has 0 spiro atoms. The summed E-state index contributed by atoms with van der Waals surface area (Å²) < 4.78 is 32.2. The van der Waals surface area contributed by atoms with Crippen LogP contribution in [0.4, 0.5) is 8.78 Å². The van der Waals surface area contributed by atoms with E-state index in [-0.39, 0.29) is 6.61 Å². The zero-order valence-electron chi connectivity index (χ0n) is 9.09. The first-order valence-electron chi connectivity index (χ1n) is 5.07. The van der Waals surface area contributed by atoms with Crippen LogP contribution in [-0.2, 0) is 6.61 Å². The van der Waals surface area contributed by atoms with Crippen molar-refractivity contribution >= 4 is 27.5 Å². The lowest BCUT2D eigenvalue weighted by atomic mass is 10.2. The number of hydrogen-bond donors (Lipinski definition) is 0. The van der Waals surface area contributed by atoms with Gasteiger partial charge in [0.1, 0.15) is 24.0 Å². The number of hydrogen-bond acceptors (Lipinski definition) is 1. The molecule has 0 saturated heterocycles. The molecule has 1 nitrogen and oxygen atoms in total. The van der Waals surface area contributed by atoms with Crippen molar-refractivity contribution in [2.75, 3.05) is 0 Å². The molecular formula is C13H8BrClF2O. The Bertz CT molecular complexity index is 555. The molecule has 2 rings (SSSR count). The van der Waals surface area contributed by atoms with Gasteiger partial charge in [0.15, 0.2) is 0 Å². The van der Waals surface area contributed by atoms with E-state index >= 15 is 0 Å². The minimum absolute atomic E-state index is 0.0465. The fourth-order valence-electron chi connectivity index (χ4n) is 1.44. The monoisotopic (exact) mass is 332 g/mol. The quantitative estimate of drug-likeness (QED) is 0.771. The van der Waals surface area contributed by atoms with E-state index in [2.05, 4.69) is 15.9 Å². The fourth-order valence-corrected chi connectivity index (χ4v) is 1.96. The molecule has 2 aromatic carbocycles. The number of ether oxygens (including phenoxy) is 1. The van der Waals surface area contributed by atoms with Crippen molar-refractivity contribution in [1.29, 1.82) is 0 Å². The zero-order chi connectivity index (χ0) is 13.1. The van der Waals surface area contributed by atoms with Crippen molar-refractivity contribution in [3.05, 3.63) is 63.1 Å². The molecule has 0 unspecified atom stereocenters. The van der Waals surface area contributed by atoms with Crippen molar-refractivity contribution in [2.45, 2.75) is 6.61 Å². The number of benzene rings is 2. The Labute approximate surface area is 116 Å². The van der Waals surface area contributed by atoms with E-state index in [1.54, 1.807) is 18.2 Å². The second-order valence-corrected chi connectivity index (χ2v) is 4.96. The third-order valence-corrected chi connectivity index (χ3v) is 3.02. The van der Waals surface area contributed by atoms with Gasteiger partial charge >= 0.3 is 0 Å². The number of rotatable bonds is 3. The molecule has 0 aromatic heterocycles. The summed E-state index contributed by atoms with van der Waals surface area (Å²) in [4.78, 5) is 0. The summed E-state index contributed by atoms with van der Waals surface area (Å²) in [7, 11) is 0. The van der Waals surface area contributed by atoms with Crippen LogP contribution in [0, 0.1) is 11.6 Å². The maximum absolute atomic E-state index is 13.0. The van der Waals surface area contributed by atoms with Gasteiger partial charge in [0.2, 0.25) is 0 Å². The Morgan fingerprint density at radius 2 is 1.72 bits per heavy atom. The van der Waals surface area contributed by atoms with Gasteiger partial charge in [-0.1, -0.05) is 27.5 Å². The standard InChI is InChI=1S/C13H8BrClF2O/c14-9-1-2-12(15)13(5-9)18-7-8-3-10(16)6-11(17)4-8/h1-6H,7H2. The van der Waals surface area contributed by atoms with Crippen molar-refractivity contribution in [3.63, 3.8) is 0 Å². The van der Waals surface area contributed by atoms with Crippen LogP contribution in [0.5, 0.6) is 5.75 Å². The Balaban J connectivity index is 2.13. The second kappa shape index (κ2) is 5.67. The highest BCUT2D eigenvalue weighted by molar-refractivity contribution is 9.10. The topological polar surface area (TPSA) is 9.23 Å². The van der Waals surface area contributed by atoms with E-state index in [1.165, 1.54) is 12.1 Å². The normalized spacial score (nSPS) is 10.4. The predicted molar refractivity (Wildman–Crippen MR) is 69.8 cm³/mol. The zero-order valence-corrected chi connectivity index (χ0v) is 11.4. The van der Waals surface area contributed by atoms with Crippen molar-refractivity contribution in [2.24, 2.45) is 0 Å². The Hall–Kier alpha value is -1.13. The van der Waals surface area contributed by atoms with Gasteiger partial charge in [-0.25, -0.2) is 8.78 Å². The van der Waals surface area contributed by atoms with E-state index in [0.717, 1.165) is 10.5 Å². The van der Waals surface area contributed by atoms with Crippen LogP contribution in [0.2, 0.25) is 5.02 Å². The molecule has 0 N–H and O–H groups in total. The van der Waals surface area contributed by atoms with Crippen molar-refractivity contribution in [3.8, 4) is 5.75 Å². The summed E-state index contributed by atoms with van der Waals surface area (Å²) in [5.74, 6) is -0.807. The van der Waals surface area contributed by atoms with Crippen LogP contribution in [0.15, 0.2) is 40.9 Å². The van der Waals surface area contributed by atoms with Crippen LogP contribution < -0.4 is 4.74 Å². The molecular weight excluding hydrogens is 325 g/mol. The molecule has 0 amide bonds. The third-order valence-electron chi connectivity index (χ3n) is 2.21. The molecule has 0 atom stereocenters. The van der Waals surface area contributed by atoms with Gasteiger partial charge in [-0.3, -0.25) is 0 Å². The van der Waals surface area contributed by atoms with Crippen molar-refractivity contribution < 1.29 is 13.5 Å². The molecule has 0 radical (unpaired) electrons. The van der Waals surface area contributed by atoms with Gasteiger partial charge in [0.05, 0.1) is 5.02 Å². The van der Waals surface area contributed by atoms with Crippen LogP contribution in [0.1, 0.15) is 5.56 Å². The van der Waals surface area contributed by atoms with Gasteiger partial charge in [-0.2, -0.15) is 0 Å². The fraction of sp³-hybridized carbons (Fsp3) is 0.0769. The Morgan fingerprint density at radius 1 is 1.06 bits per heavy atom. The molecule has 0 saturated carbocycles. The number of halogens is 4. The first-order valence-corrected chi connectivity index (χ1v) is 6.24. The summed E-state index contributed by atoms with van der Waals surface area (Å²) in [6.45, 7) is 0.0465. The first-order chi connectivity index (χ1) is 8.54. The van der Waals surface area contributed by atoms with E-state index < -0.39 is 11.6 Å². The minimum atomic E-state index is -0.631. The SMILES string of the molecule is Fc1cc(F)cc(COc2cc(Br)ccc2Cl)c1. The van der Waals surface area contributed by atoms with Crippen molar-refractivity contribution in [1.82, 2.24) is 0 Å². The third kappa shape index (κ3) is 3.43. The largest absolute Gasteiger partial charge is 0.487 e. The van der Waals surface area contributed by atoms with Crippen LogP contribution in [0.25, 0.3) is 0 Å². The van der Waals surface area contributed by atoms with Gasteiger partial charge in [-0.05, 0) is 35.9 Å². The van der Waals surface area contributed by atoms with E-state index in [4.69, 9.17) is 16.3 Å². The van der Waals surface area contributed by atoms with E-state index in [9.17, 15) is 8.78 Å². The summed E-state index contributed by atoms with van der Waals surface area (Å²) in [6.07, 6.45) is 0. The highest BCUT2D eigenvalue weighted by Gasteiger charge is 2.05. The van der Waals surface area contributed by atoms with Gasteiger partial charge in [-0.15, -0.1) is 0 Å². The highest BCUT2D eigenvalue weighted by atomic mass is 79.9. The van der Waals surface area contributed by atoms with E-state index in [0.29, 0.717) is 16.3 Å². The highest BCUT2D eigenvalue weighted by Crippen LogP contribution is 2.28. The molecule has 0 fully saturated rings. The first kappa shape index (κ1) is 13.3. The van der Waals surface area contributed by atoms with Gasteiger partial charge in [0, 0.05) is 10.5 Å². The molecule has 94 valence electrons. The molecule has 5 heteroatoms. The molecule has 0 aliphatic heterocycles. The molecule has 18 heavy (non-hydrogen) atoms. The summed E-state index contributed by atoms with van der Waals surface area (Å²) in [5.41, 5.74) is 0.406. The lowest BCUT2D eigenvalue weighted by Gasteiger charge is -2.08. The minimum Gasteiger partial charge on any atom is -0.487 e. The smallest absolute Gasteiger partial charge is 0.139 e. The lowest BCUT2D eigenvalue weighted by molar-refractivity contribution is 0.305. The average molecular weight is 334 g/mol. The molecule has 0 aliphatic carbocycles. The van der Waals surface area contributed by atoms with Gasteiger partial charge < -0.3 is 4.74 Å². The van der Waals surface area contributed by atoms with E-state index in [1.807, 2.05) is 0 Å². The molecule has 0 bridgehead atoms. The predicted octanol–water partition coefficient (Wildman–Crippen LogP) is 4.96. The second-order valence-electron chi connectivity index (χ2n) is 3.64. The molecule has 2 aromatic rings. The summed E-state index contributed by atoms with van der Waals surface area (Å²) >= 11 is 9.22. The molecule has 0 aliphatic rings. The molecule has 0 heterocycles.